The summed E-state index contributed by atoms with van der Waals surface area (Å²) in [4.78, 5) is 21.1. The molecule has 7 nitrogen and oxygen atoms in total. The van der Waals surface area contributed by atoms with Crippen molar-refractivity contribution in [3.63, 3.8) is 0 Å². The monoisotopic (exact) mass is 492 g/mol. The first kappa shape index (κ1) is 25.2. The van der Waals surface area contributed by atoms with Crippen molar-refractivity contribution in [3.8, 4) is 11.5 Å². The summed E-state index contributed by atoms with van der Waals surface area (Å²) in [6.07, 6.45) is -2.22. The molecule has 3 aromatic rings. The van der Waals surface area contributed by atoms with Gasteiger partial charge < -0.3 is 20.1 Å². The van der Waals surface area contributed by atoms with E-state index in [1.165, 1.54) is 25.0 Å². The predicted octanol–water partition coefficient (Wildman–Crippen LogP) is 5.49. The molecule has 1 aromatic carbocycles. The SMILES string of the molecule is CCSc1cc(OCc2ccc(OC)cc2)cnc1C(=O)Nc1cc(C(F)(F)F)ncc1NC. The molecule has 0 aliphatic heterocycles. The van der Waals surface area contributed by atoms with E-state index in [1.807, 2.05) is 31.2 Å². The molecule has 34 heavy (non-hydrogen) atoms. The fourth-order valence-corrected chi connectivity index (χ4v) is 3.72. The minimum Gasteiger partial charge on any atom is -0.497 e. The maximum atomic E-state index is 13.1. The van der Waals surface area contributed by atoms with Crippen LogP contribution in [-0.4, -0.2) is 35.8 Å². The lowest BCUT2D eigenvalue weighted by Gasteiger charge is -2.15. The minimum absolute atomic E-state index is 0.0519. The Kier molecular flexibility index (Phi) is 8.21. The van der Waals surface area contributed by atoms with Crippen molar-refractivity contribution >= 4 is 29.0 Å². The van der Waals surface area contributed by atoms with Crippen LogP contribution in [0.15, 0.2) is 53.7 Å². The van der Waals surface area contributed by atoms with Gasteiger partial charge in [0.25, 0.3) is 5.91 Å². The van der Waals surface area contributed by atoms with Crippen molar-refractivity contribution in [1.82, 2.24) is 9.97 Å². The van der Waals surface area contributed by atoms with Crippen molar-refractivity contribution in [2.24, 2.45) is 0 Å². The van der Waals surface area contributed by atoms with E-state index in [-0.39, 0.29) is 23.7 Å². The van der Waals surface area contributed by atoms with Crippen LogP contribution in [0.2, 0.25) is 0 Å². The highest BCUT2D eigenvalue weighted by atomic mass is 32.2. The smallest absolute Gasteiger partial charge is 0.433 e. The molecule has 0 bridgehead atoms. The maximum absolute atomic E-state index is 13.1. The van der Waals surface area contributed by atoms with Crippen molar-refractivity contribution in [1.29, 1.82) is 0 Å². The lowest BCUT2D eigenvalue weighted by molar-refractivity contribution is -0.141. The number of hydrogen-bond acceptors (Lipinski definition) is 7. The highest BCUT2D eigenvalue weighted by molar-refractivity contribution is 7.99. The average molecular weight is 493 g/mol. The van der Waals surface area contributed by atoms with Crippen LogP contribution in [0.25, 0.3) is 0 Å². The van der Waals surface area contributed by atoms with Gasteiger partial charge in [0.05, 0.1) is 30.9 Å². The van der Waals surface area contributed by atoms with E-state index >= 15 is 0 Å². The number of rotatable bonds is 9. The van der Waals surface area contributed by atoms with Crippen molar-refractivity contribution in [2.45, 2.75) is 24.6 Å². The number of thioether (sulfide) groups is 1. The first-order valence-corrected chi connectivity index (χ1v) is 11.2. The summed E-state index contributed by atoms with van der Waals surface area (Å²) >= 11 is 1.37. The van der Waals surface area contributed by atoms with Crippen LogP contribution in [0, 0.1) is 0 Å². The molecule has 2 aromatic heterocycles. The van der Waals surface area contributed by atoms with Crippen molar-refractivity contribution < 1.29 is 27.4 Å². The summed E-state index contributed by atoms with van der Waals surface area (Å²) < 4.78 is 50.2. The van der Waals surface area contributed by atoms with Gasteiger partial charge in [0.15, 0.2) is 0 Å². The normalized spacial score (nSPS) is 11.1. The molecule has 0 saturated carbocycles. The maximum Gasteiger partial charge on any atom is 0.433 e. The summed E-state index contributed by atoms with van der Waals surface area (Å²) in [5, 5.41) is 5.23. The van der Waals surface area contributed by atoms with Crippen LogP contribution in [0.1, 0.15) is 28.7 Å². The van der Waals surface area contributed by atoms with Gasteiger partial charge in [-0.05, 0) is 35.6 Å². The molecule has 0 spiro atoms. The molecule has 0 saturated heterocycles. The third-order valence-electron chi connectivity index (χ3n) is 4.62. The molecule has 0 aliphatic rings. The fraction of sp³-hybridized carbons (Fsp3) is 0.261. The summed E-state index contributed by atoms with van der Waals surface area (Å²) in [5.41, 5.74) is 0.0794. The van der Waals surface area contributed by atoms with Crippen LogP contribution < -0.4 is 20.1 Å². The molecule has 0 radical (unpaired) electrons. The molecule has 2 heterocycles. The van der Waals surface area contributed by atoms with Gasteiger partial charge in [-0.15, -0.1) is 11.8 Å². The number of nitrogens with one attached hydrogen (secondary N) is 2. The summed E-state index contributed by atoms with van der Waals surface area (Å²) in [6.45, 7) is 2.20. The van der Waals surface area contributed by atoms with Gasteiger partial charge in [0.1, 0.15) is 29.5 Å². The molecule has 1 amide bonds. The zero-order valence-electron chi connectivity index (χ0n) is 18.7. The summed E-state index contributed by atoms with van der Waals surface area (Å²) in [7, 11) is 3.11. The lowest BCUT2D eigenvalue weighted by Crippen LogP contribution is -2.17. The number of methoxy groups -OCH3 is 1. The number of amides is 1. The second-order valence-electron chi connectivity index (χ2n) is 6.90. The number of ether oxygens (including phenoxy) is 2. The third-order valence-corrected chi connectivity index (χ3v) is 5.53. The van der Waals surface area contributed by atoms with Gasteiger partial charge in [-0.1, -0.05) is 19.1 Å². The van der Waals surface area contributed by atoms with E-state index in [4.69, 9.17) is 9.47 Å². The molecular formula is C23H23F3N4O3S. The molecule has 0 unspecified atom stereocenters. The number of carbonyl (C=O) groups is 1. The zero-order valence-corrected chi connectivity index (χ0v) is 19.5. The highest BCUT2D eigenvalue weighted by Gasteiger charge is 2.33. The Morgan fingerprint density at radius 3 is 2.41 bits per heavy atom. The minimum atomic E-state index is -4.64. The quantitative estimate of drug-likeness (QED) is 0.382. The number of benzene rings is 1. The number of alkyl halides is 3. The van der Waals surface area contributed by atoms with E-state index in [1.54, 1.807) is 13.2 Å². The molecule has 0 atom stereocenters. The number of carbonyl (C=O) groups excluding carboxylic acids is 1. The molecule has 180 valence electrons. The van der Waals surface area contributed by atoms with E-state index in [9.17, 15) is 18.0 Å². The largest absolute Gasteiger partial charge is 0.497 e. The fourth-order valence-electron chi connectivity index (χ4n) is 2.92. The van der Waals surface area contributed by atoms with Crippen molar-refractivity contribution in [3.05, 3.63) is 65.7 Å². The standard InChI is InChI=1S/C23H23F3N4O3S/c1-4-34-19-9-16(33-13-14-5-7-15(32-3)8-6-14)11-29-21(19)22(31)30-17-10-20(23(24,25)26)28-12-18(17)27-2/h5-12,27H,4,13H2,1-3H3,(H,28,30,31). The van der Waals surface area contributed by atoms with E-state index in [0.29, 0.717) is 16.4 Å². The van der Waals surface area contributed by atoms with Gasteiger partial charge in [-0.3, -0.25) is 4.79 Å². The first-order chi connectivity index (χ1) is 16.2. The zero-order chi connectivity index (χ0) is 24.7. The number of anilines is 2. The van der Waals surface area contributed by atoms with Gasteiger partial charge in [0, 0.05) is 11.9 Å². The Morgan fingerprint density at radius 2 is 1.79 bits per heavy atom. The molecule has 0 fully saturated rings. The van der Waals surface area contributed by atoms with Gasteiger partial charge in [0.2, 0.25) is 0 Å². The Hall–Kier alpha value is -3.47. The molecule has 11 heteroatoms. The topological polar surface area (TPSA) is 85.4 Å². The Bertz CT molecular complexity index is 1140. The van der Waals surface area contributed by atoms with Gasteiger partial charge in [-0.25, -0.2) is 9.97 Å². The van der Waals surface area contributed by atoms with Gasteiger partial charge in [-0.2, -0.15) is 13.2 Å². The van der Waals surface area contributed by atoms with Crippen LogP contribution in [0.5, 0.6) is 11.5 Å². The van der Waals surface area contributed by atoms with Crippen molar-refractivity contribution in [2.75, 3.05) is 30.5 Å². The van der Waals surface area contributed by atoms with Crippen LogP contribution in [0.4, 0.5) is 24.5 Å². The van der Waals surface area contributed by atoms with E-state index < -0.39 is 17.8 Å². The van der Waals surface area contributed by atoms with Gasteiger partial charge >= 0.3 is 6.18 Å². The van der Waals surface area contributed by atoms with E-state index in [2.05, 4.69) is 20.6 Å². The predicted molar refractivity (Wildman–Crippen MR) is 125 cm³/mol. The number of pyridine rings is 2. The Balaban J connectivity index is 1.80. The Labute approximate surface area is 199 Å². The highest BCUT2D eigenvalue weighted by Crippen LogP contribution is 2.33. The van der Waals surface area contributed by atoms with Crippen LogP contribution >= 0.6 is 11.8 Å². The lowest BCUT2D eigenvalue weighted by atomic mass is 10.2. The summed E-state index contributed by atoms with van der Waals surface area (Å²) in [6, 6.07) is 9.87. The molecule has 0 aliphatic carbocycles. The third kappa shape index (κ3) is 6.31. The first-order valence-electron chi connectivity index (χ1n) is 10.2. The number of aromatic nitrogens is 2. The summed E-state index contributed by atoms with van der Waals surface area (Å²) in [5.74, 6) is 1.20. The molecule has 3 rings (SSSR count). The average Bonchev–Trinajstić information content (AvgIpc) is 2.82. The number of halogens is 3. The van der Waals surface area contributed by atoms with Crippen LogP contribution in [0.3, 0.4) is 0 Å². The van der Waals surface area contributed by atoms with E-state index in [0.717, 1.165) is 23.6 Å². The number of hydrogen-bond donors (Lipinski definition) is 2. The Morgan fingerprint density at radius 1 is 1.06 bits per heavy atom. The van der Waals surface area contributed by atoms with Crippen LogP contribution in [-0.2, 0) is 12.8 Å². The molecular weight excluding hydrogens is 469 g/mol. The number of nitrogens with zero attached hydrogens (tertiary/aromatic N) is 2. The molecule has 2 N–H and O–H groups in total. The second kappa shape index (κ2) is 11.1. The second-order valence-corrected chi connectivity index (χ2v) is 8.21.